The van der Waals surface area contributed by atoms with Crippen LogP contribution in [0.2, 0.25) is 10.0 Å². The topological polar surface area (TPSA) is 137 Å². The van der Waals surface area contributed by atoms with Crippen molar-refractivity contribution in [3.05, 3.63) is 40.4 Å². The van der Waals surface area contributed by atoms with Crippen LogP contribution < -0.4 is 10.6 Å². The van der Waals surface area contributed by atoms with Gasteiger partial charge in [-0.05, 0) is 23.8 Å². The van der Waals surface area contributed by atoms with Gasteiger partial charge in [0, 0.05) is 31.7 Å². The molecule has 176 valence electrons. The van der Waals surface area contributed by atoms with E-state index in [-0.39, 0.29) is 22.0 Å². The lowest BCUT2D eigenvalue weighted by molar-refractivity contribution is 0.0388. The largest absolute Gasteiger partial charge is 0.379 e. The second kappa shape index (κ2) is 9.84. The molecule has 1 aromatic heterocycles. The summed E-state index contributed by atoms with van der Waals surface area (Å²) in [6.45, 7) is 4.31. The van der Waals surface area contributed by atoms with E-state index in [4.69, 9.17) is 27.9 Å². The minimum atomic E-state index is -4.61. The van der Waals surface area contributed by atoms with Gasteiger partial charge in [0.05, 0.1) is 34.3 Å². The Morgan fingerprint density at radius 2 is 1.97 bits per heavy atom. The lowest BCUT2D eigenvalue weighted by Crippen LogP contribution is -2.42. The molecule has 33 heavy (non-hydrogen) atoms. The summed E-state index contributed by atoms with van der Waals surface area (Å²) in [7, 11) is -4.61. The molecule has 2 aromatic carbocycles. The number of hydrogen-bond acceptors (Lipinski definition) is 6. The van der Waals surface area contributed by atoms with Crippen molar-refractivity contribution in [2.45, 2.75) is 4.90 Å². The highest BCUT2D eigenvalue weighted by Gasteiger charge is 2.22. The minimum Gasteiger partial charge on any atom is -0.379 e. The smallest absolute Gasteiger partial charge is 0.321 e. The summed E-state index contributed by atoms with van der Waals surface area (Å²) in [5.74, 6) is 0.256. The SMILES string of the molecule is O=C(NCCN1CCOCC1)Nc1nc2cc(-c3ccc(Cl)c(S(=O)(=O)O)c3Cl)ccc2[nH]1. The van der Waals surface area contributed by atoms with Gasteiger partial charge in [0.25, 0.3) is 10.1 Å². The quantitative estimate of drug-likeness (QED) is 0.371. The van der Waals surface area contributed by atoms with Crippen LogP contribution >= 0.6 is 23.2 Å². The standard InChI is InChI=1S/C20H21Cl2N5O5S/c21-14-3-2-13(17(22)18(14)33(29,30)31)12-1-4-15-16(11-12)25-19(24-15)26-20(28)23-5-6-27-7-9-32-10-8-27/h1-4,11H,5-10H2,(H,29,30,31)(H3,23,24,25,26,28). The number of hydrogen-bond donors (Lipinski definition) is 4. The summed E-state index contributed by atoms with van der Waals surface area (Å²) in [6, 6.07) is 7.60. The van der Waals surface area contributed by atoms with Crippen molar-refractivity contribution in [1.82, 2.24) is 20.2 Å². The number of carbonyl (C=O) groups is 1. The number of carbonyl (C=O) groups excluding carboxylic acids is 1. The van der Waals surface area contributed by atoms with Gasteiger partial charge in [0.15, 0.2) is 0 Å². The lowest BCUT2D eigenvalue weighted by Gasteiger charge is -2.26. The fraction of sp³-hybridized carbons (Fsp3) is 0.300. The summed E-state index contributed by atoms with van der Waals surface area (Å²) in [5, 5.41) is 5.07. The zero-order valence-corrected chi connectivity index (χ0v) is 19.6. The van der Waals surface area contributed by atoms with Gasteiger partial charge in [0.1, 0.15) is 4.90 Å². The van der Waals surface area contributed by atoms with E-state index < -0.39 is 15.0 Å². The molecule has 0 radical (unpaired) electrons. The molecule has 1 fully saturated rings. The van der Waals surface area contributed by atoms with Crippen LogP contribution in [0.15, 0.2) is 35.2 Å². The van der Waals surface area contributed by atoms with Gasteiger partial charge >= 0.3 is 6.03 Å². The van der Waals surface area contributed by atoms with Crippen molar-refractivity contribution >= 4 is 56.3 Å². The van der Waals surface area contributed by atoms with Crippen LogP contribution in [0.25, 0.3) is 22.2 Å². The first kappa shape index (κ1) is 23.7. The zero-order chi connectivity index (χ0) is 23.6. The molecule has 1 saturated heterocycles. The number of fused-ring (bicyclic) bond motifs is 1. The molecular formula is C20H21Cl2N5O5S. The predicted octanol–water partition coefficient (Wildman–Crippen LogP) is 3.24. The molecule has 1 aliphatic heterocycles. The van der Waals surface area contributed by atoms with E-state index in [1.807, 2.05) is 0 Å². The number of amides is 2. The monoisotopic (exact) mass is 513 g/mol. The number of urea groups is 1. The van der Waals surface area contributed by atoms with E-state index in [0.29, 0.717) is 41.9 Å². The lowest BCUT2D eigenvalue weighted by atomic mass is 10.1. The number of ether oxygens (including phenoxy) is 1. The molecular weight excluding hydrogens is 493 g/mol. The molecule has 0 unspecified atom stereocenters. The van der Waals surface area contributed by atoms with E-state index in [1.165, 1.54) is 6.07 Å². The molecule has 0 aliphatic carbocycles. The molecule has 2 heterocycles. The second-order valence-corrected chi connectivity index (χ2v) is 9.51. The number of aromatic amines is 1. The number of benzene rings is 2. The van der Waals surface area contributed by atoms with Crippen molar-refractivity contribution in [1.29, 1.82) is 0 Å². The highest BCUT2D eigenvalue weighted by atomic mass is 35.5. The normalized spacial score (nSPS) is 15.0. The Hall–Kier alpha value is -2.41. The predicted molar refractivity (Wildman–Crippen MR) is 126 cm³/mol. The third-order valence-corrected chi connectivity index (χ3v) is 7.02. The number of morpholine rings is 1. The molecule has 0 atom stereocenters. The maximum Gasteiger partial charge on any atom is 0.321 e. The van der Waals surface area contributed by atoms with E-state index >= 15 is 0 Å². The van der Waals surface area contributed by atoms with Gasteiger partial charge in [0.2, 0.25) is 5.95 Å². The summed E-state index contributed by atoms with van der Waals surface area (Å²) in [4.78, 5) is 21.2. The van der Waals surface area contributed by atoms with Gasteiger partial charge < -0.3 is 15.0 Å². The Morgan fingerprint density at radius 3 is 2.70 bits per heavy atom. The van der Waals surface area contributed by atoms with E-state index in [2.05, 4.69) is 25.5 Å². The number of nitrogens with zero attached hydrogens (tertiary/aromatic N) is 2. The molecule has 0 spiro atoms. The second-order valence-electron chi connectivity index (χ2n) is 7.37. The minimum absolute atomic E-state index is 0.182. The third-order valence-electron chi connectivity index (χ3n) is 5.15. The first-order chi connectivity index (χ1) is 15.7. The van der Waals surface area contributed by atoms with Gasteiger partial charge in [-0.1, -0.05) is 35.3 Å². The molecule has 3 aromatic rings. The molecule has 0 saturated carbocycles. The van der Waals surface area contributed by atoms with Gasteiger partial charge in [-0.2, -0.15) is 8.42 Å². The fourth-order valence-corrected chi connectivity index (χ4v) is 5.24. The van der Waals surface area contributed by atoms with Crippen LogP contribution in [0.4, 0.5) is 10.7 Å². The Morgan fingerprint density at radius 1 is 1.21 bits per heavy atom. The maximum absolute atomic E-state index is 12.2. The number of anilines is 1. The summed E-state index contributed by atoms with van der Waals surface area (Å²) < 4.78 is 38.1. The molecule has 2 amide bonds. The van der Waals surface area contributed by atoms with Crippen LogP contribution in [0.5, 0.6) is 0 Å². The Balaban J connectivity index is 1.47. The average Bonchev–Trinajstić information content (AvgIpc) is 3.15. The number of nitrogens with one attached hydrogen (secondary N) is 3. The molecule has 1 aliphatic rings. The molecule has 4 N–H and O–H groups in total. The summed E-state index contributed by atoms with van der Waals surface area (Å²) >= 11 is 12.1. The van der Waals surface area contributed by atoms with Crippen molar-refractivity contribution in [3.63, 3.8) is 0 Å². The summed E-state index contributed by atoms with van der Waals surface area (Å²) in [5.41, 5.74) is 2.09. The number of rotatable bonds is 6. The Kier molecular flexibility index (Phi) is 7.07. The van der Waals surface area contributed by atoms with Crippen molar-refractivity contribution in [3.8, 4) is 11.1 Å². The van der Waals surface area contributed by atoms with Crippen LogP contribution in [-0.4, -0.2) is 73.3 Å². The Bertz CT molecular complexity index is 1290. The summed E-state index contributed by atoms with van der Waals surface area (Å²) in [6.07, 6.45) is 0. The number of imidazole rings is 1. The van der Waals surface area contributed by atoms with Crippen LogP contribution in [-0.2, 0) is 14.9 Å². The maximum atomic E-state index is 12.2. The first-order valence-electron chi connectivity index (χ1n) is 10.0. The number of halogens is 2. The average molecular weight is 514 g/mol. The van der Waals surface area contributed by atoms with Gasteiger partial charge in [-0.25, -0.2) is 9.78 Å². The molecule has 13 heteroatoms. The highest BCUT2D eigenvalue weighted by molar-refractivity contribution is 7.86. The van der Waals surface area contributed by atoms with Crippen LogP contribution in [0.1, 0.15) is 0 Å². The van der Waals surface area contributed by atoms with Crippen molar-refractivity contribution in [2.24, 2.45) is 0 Å². The molecule has 10 nitrogen and oxygen atoms in total. The van der Waals surface area contributed by atoms with Gasteiger partial charge in [-0.15, -0.1) is 0 Å². The third kappa shape index (κ3) is 5.57. The zero-order valence-electron chi connectivity index (χ0n) is 17.3. The Labute approximate surface area is 200 Å². The molecule has 4 rings (SSSR count). The first-order valence-corrected chi connectivity index (χ1v) is 12.2. The van der Waals surface area contributed by atoms with E-state index in [1.54, 1.807) is 24.3 Å². The highest BCUT2D eigenvalue weighted by Crippen LogP contribution is 2.38. The van der Waals surface area contributed by atoms with E-state index in [9.17, 15) is 17.8 Å². The van der Waals surface area contributed by atoms with E-state index in [0.717, 1.165) is 19.6 Å². The van der Waals surface area contributed by atoms with Crippen molar-refractivity contribution < 1.29 is 22.5 Å². The number of aromatic nitrogens is 2. The number of H-pyrrole nitrogens is 1. The van der Waals surface area contributed by atoms with Crippen LogP contribution in [0, 0.1) is 0 Å². The molecule has 0 bridgehead atoms. The van der Waals surface area contributed by atoms with Gasteiger partial charge in [-0.3, -0.25) is 14.8 Å². The van der Waals surface area contributed by atoms with Crippen molar-refractivity contribution in [2.75, 3.05) is 44.7 Å². The van der Waals surface area contributed by atoms with Crippen LogP contribution in [0.3, 0.4) is 0 Å². The fourth-order valence-electron chi connectivity index (χ4n) is 3.53.